The third-order valence-electron chi connectivity index (χ3n) is 2.52. The third kappa shape index (κ3) is 3.54. The number of nitro groups is 1. The number of carbonyl (C=O) groups excluding carboxylic acids is 1. The highest BCUT2D eigenvalue weighted by Gasteiger charge is 2.11. The highest BCUT2D eigenvalue weighted by atomic mass is 127. The van der Waals surface area contributed by atoms with E-state index in [1.54, 1.807) is 6.07 Å². The molecule has 0 aliphatic heterocycles. The van der Waals surface area contributed by atoms with Gasteiger partial charge in [0.05, 0.1) is 10.6 Å². The number of anilines is 1. The van der Waals surface area contributed by atoms with Crippen LogP contribution in [0.3, 0.4) is 0 Å². The van der Waals surface area contributed by atoms with Crippen molar-refractivity contribution in [2.45, 2.75) is 0 Å². The van der Waals surface area contributed by atoms with Crippen molar-refractivity contribution < 1.29 is 9.72 Å². The molecule has 0 aromatic heterocycles. The summed E-state index contributed by atoms with van der Waals surface area (Å²) >= 11 is 5.47. The van der Waals surface area contributed by atoms with Crippen molar-refractivity contribution in [3.63, 3.8) is 0 Å². The quantitative estimate of drug-likeness (QED) is 0.436. The van der Waals surface area contributed by atoms with E-state index in [0.717, 1.165) is 8.04 Å². The van der Waals surface area contributed by atoms with E-state index in [9.17, 15) is 14.9 Å². The summed E-state index contributed by atoms with van der Waals surface area (Å²) in [6.07, 6.45) is 0. The van der Waals surface area contributed by atoms with E-state index >= 15 is 0 Å². The first-order valence-electron chi connectivity index (χ1n) is 5.48. The summed E-state index contributed by atoms with van der Waals surface area (Å²) in [5.41, 5.74) is 1.02. The Kier molecular flexibility index (Phi) is 4.71. The number of halogens is 2. The number of nitrogens with one attached hydrogen (secondary N) is 1. The molecule has 0 unspecified atom stereocenters. The minimum atomic E-state index is -0.501. The number of non-ortho nitro benzene ring substituents is 1. The van der Waals surface area contributed by atoms with Crippen LogP contribution in [-0.4, -0.2) is 10.8 Å². The summed E-state index contributed by atoms with van der Waals surface area (Å²) in [4.78, 5) is 22.1. The molecule has 7 heteroatoms. The van der Waals surface area contributed by atoms with E-state index in [-0.39, 0.29) is 11.6 Å². The molecule has 5 nitrogen and oxygen atoms in total. The first-order valence-corrected chi connectivity index (χ1v) is 7.35. The van der Waals surface area contributed by atoms with Gasteiger partial charge in [-0.3, -0.25) is 14.9 Å². The highest BCUT2D eigenvalue weighted by molar-refractivity contribution is 14.1. The molecular formula is C13H8BrIN2O3. The Labute approximate surface area is 136 Å². The predicted molar refractivity (Wildman–Crippen MR) is 87.9 cm³/mol. The molecule has 2 aromatic carbocycles. The lowest BCUT2D eigenvalue weighted by Crippen LogP contribution is -2.12. The lowest BCUT2D eigenvalue weighted by atomic mass is 10.2. The average molecular weight is 447 g/mol. The van der Waals surface area contributed by atoms with Gasteiger partial charge in [-0.25, -0.2) is 0 Å². The first kappa shape index (κ1) is 14.9. The summed E-state index contributed by atoms with van der Waals surface area (Å²) < 4.78 is 1.82. The molecule has 0 aliphatic rings. The number of rotatable bonds is 3. The van der Waals surface area contributed by atoms with Gasteiger partial charge in [-0.1, -0.05) is 15.9 Å². The molecule has 2 aromatic rings. The Morgan fingerprint density at radius 3 is 2.40 bits per heavy atom. The number of hydrogen-bond acceptors (Lipinski definition) is 3. The maximum Gasteiger partial charge on any atom is 0.269 e. The molecule has 0 heterocycles. The van der Waals surface area contributed by atoms with Crippen molar-refractivity contribution >= 4 is 55.8 Å². The Hall–Kier alpha value is -1.48. The van der Waals surface area contributed by atoms with Crippen molar-refractivity contribution in [2.24, 2.45) is 0 Å². The lowest BCUT2D eigenvalue weighted by Gasteiger charge is -2.07. The fraction of sp³-hybridized carbons (Fsp3) is 0. The zero-order valence-corrected chi connectivity index (χ0v) is 13.7. The van der Waals surface area contributed by atoms with Crippen LogP contribution in [0.25, 0.3) is 0 Å². The van der Waals surface area contributed by atoms with E-state index in [1.807, 2.05) is 12.1 Å². The second-order valence-corrected chi connectivity index (χ2v) is 5.96. The van der Waals surface area contributed by atoms with Gasteiger partial charge in [0, 0.05) is 25.7 Å². The first-order chi connectivity index (χ1) is 9.47. The van der Waals surface area contributed by atoms with E-state index in [2.05, 4.69) is 43.8 Å². The topological polar surface area (TPSA) is 72.2 Å². The van der Waals surface area contributed by atoms with E-state index in [1.165, 1.54) is 24.3 Å². The van der Waals surface area contributed by atoms with Crippen LogP contribution in [0.15, 0.2) is 46.9 Å². The Bertz CT molecular complexity index is 674. The van der Waals surface area contributed by atoms with E-state index < -0.39 is 4.92 Å². The van der Waals surface area contributed by atoms with Gasteiger partial charge in [-0.2, -0.15) is 0 Å². The Balaban J connectivity index is 2.17. The van der Waals surface area contributed by atoms with Crippen LogP contribution in [0.2, 0.25) is 0 Å². The molecule has 0 spiro atoms. The number of hydrogen-bond donors (Lipinski definition) is 1. The van der Waals surface area contributed by atoms with Gasteiger partial charge in [0.15, 0.2) is 0 Å². The smallest absolute Gasteiger partial charge is 0.269 e. The zero-order valence-electron chi connectivity index (χ0n) is 9.97. The largest absolute Gasteiger partial charge is 0.321 e. The molecule has 0 atom stereocenters. The number of nitro benzene ring substituents is 1. The number of benzene rings is 2. The van der Waals surface area contributed by atoms with E-state index in [0.29, 0.717) is 11.3 Å². The normalized spacial score (nSPS) is 10.1. The van der Waals surface area contributed by atoms with Crippen LogP contribution in [0.5, 0.6) is 0 Å². The summed E-state index contributed by atoms with van der Waals surface area (Å²) in [6.45, 7) is 0. The number of carbonyl (C=O) groups is 1. The van der Waals surface area contributed by atoms with Gasteiger partial charge < -0.3 is 5.32 Å². The molecule has 0 fully saturated rings. The van der Waals surface area contributed by atoms with Crippen molar-refractivity contribution in [2.75, 3.05) is 5.32 Å². The number of amides is 1. The van der Waals surface area contributed by atoms with Crippen LogP contribution < -0.4 is 5.32 Å². The fourth-order valence-corrected chi connectivity index (χ4v) is 2.96. The zero-order chi connectivity index (χ0) is 14.7. The molecule has 0 aliphatic carbocycles. The van der Waals surface area contributed by atoms with Gasteiger partial charge in [0.25, 0.3) is 11.6 Å². The molecule has 0 saturated heterocycles. The van der Waals surface area contributed by atoms with Crippen molar-refractivity contribution in [3.05, 3.63) is 66.2 Å². The van der Waals surface area contributed by atoms with Crippen molar-refractivity contribution in [3.8, 4) is 0 Å². The van der Waals surface area contributed by atoms with Gasteiger partial charge in [-0.05, 0) is 52.9 Å². The van der Waals surface area contributed by atoms with Gasteiger partial charge in [0.1, 0.15) is 0 Å². The molecule has 102 valence electrons. The summed E-state index contributed by atoms with van der Waals surface area (Å²) in [7, 11) is 0. The lowest BCUT2D eigenvalue weighted by molar-refractivity contribution is -0.384. The molecule has 0 radical (unpaired) electrons. The maximum absolute atomic E-state index is 12.0. The minimum absolute atomic E-state index is 0.0419. The highest BCUT2D eigenvalue weighted by Crippen LogP contribution is 2.23. The molecule has 20 heavy (non-hydrogen) atoms. The fourth-order valence-electron chi connectivity index (χ4n) is 1.52. The minimum Gasteiger partial charge on any atom is -0.321 e. The monoisotopic (exact) mass is 446 g/mol. The molecule has 1 amide bonds. The second-order valence-electron chi connectivity index (χ2n) is 3.88. The second kappa shape index (κ2) is 6.31. The third-order valence-corrected chi connectivity index (χ3v) is 3.91. The molecule has 0 saturated carbocycles. The summed E-state index contributed by atoms with van der Waals surface area (Å²) in [6, 6.07) is 11.0. The SMILES string of the molecule is O=C(Nc1ccc(Br)cc1I)c1ccc([N+](=O)[O-])cc1. The van der Waals surface area contributed by atoms with E-state index in [4.69, 9.17) is 0 Å². The Morgan fingerprint density at radius 1 is 1.20 bits per heavy atom. The average Bonchev–Trinajstić information content (AvgIpc) is 2.42. The molecular weight excluding hydrogens is 439 g/mol. The Morgan fingerprint density at radius 2 is 1.85 bits per heavy atom. The predicted octanol–water partition coefficient (Wildman–Crippen LogP) is 4.21. The summed E-state index contributed by atoms with van der Waals surface area (Å²) in [5, 5.41) is 13.3. The van der Waals surface area contributed by atoms with Crippen molar-refractivity contribution in [1.82, 2.24) is 0 Å². The molecule has 1 N–H and O–H groups in total. The molecule has 2 rings (SSSR count). The van der Waals surface area contributed by atoms with Crippen LogP contribution in [-0.2, 0) is 0 Å². The van der Waals surface area contributed by atoms with Crippen LogP contribution in [0.1, 0.15) is 10.4 Å². The standard InChI is InChI=1S/C13H8BrIN2O3/c14-9-3-6-12(11(15)7-9)16-13(18)8-1-4-10(5-2-8)17(19)20/h1-7H,(H,16,18). The van der Waals surface area contributed by atoms with Gasteiger partial charge in [-0.15, -0.1) is 0 Å². The van der Waals surface area contributed by atoms with Crippen LogP contribution in [0, 0.1) is 13.7 Å². The van der Waals surface area contributed by atoms with Crippen molar-refractivity contribution in [1.29, 1.82) is 0 Å². The number of nitrogens with zero attached hydrogens (tertiary/aromatic N) is 1. The van der Waals surface area contributed by atoms with Gasteiger partial charge in [0.2, 0.25) is 0 Å². The van der Waals surface area contributed by atoms with Crippen LogP contribution in [0.4, 0.5) is 11.4 Å². The summed E-state index contributed by atoms with van der Waals surface area (Å²) in [5.74, 6) is -0.305. The van der Waals surface area contributed by atoms with Gasteiger partial charge >= 0.3 is 0 Å². The van der Waals surface area contributed by atoms with Crippen LogP contribution >= 0.6 is 38.5 Å². The maximum atomic E-state index is 12.0. The molecule has 0 bridgehead atoms.